The molecular weight excluding hydrogens is 306 g/mol. The van der Waals surface area contributed by atoms with Gasteiger partial charge >= 0.3 is 0 Å². The molecule has 6 heteroatoms. The van der Waals surface area contributed by atoms with Gasteiger partial charge in [-0.1, -0.05) is 30.3 Å². The zero-order valence-corrected chi connectivity index (χ0v) is 12.9. The molecule has 0 saturated carbocycles. The van der Waals surface area contributed by atoms with Crippen LogP contribution in [0.5, 0.6) is 0 Å². The molecule has 2 heterocycles. The van der Waals surface area contributed by atoms with Crippen LogP contribution < -0.4 is 5.48 Å². The van der Waals surface area contributed by atoms with E-state index in [1.54, 1.807) is 30.0 Å². The number of fused-ring (bicyclic) bond motifs is 3. The summed E-state index contributed by atoms with van der Waals surface area (Å²) in [5, 5.41) is 19.6. The number of benzene rings is 2. The first-order valence-corrected chi connectivity index (χ1v) is 7.49. The minimum absolute atomic E-state index is 0.225. The Hall–Kier alpha value is -3.12. The van der Waals surface area contributed by atoms with Crippen molar-refractivity contribution < 1.29 is 15.1 Å². The molecule has 1 amide bonds. The fourth-order valence-electron chi connectivity index (χ4n) is 3.26. The van der Waals surface area contributed by atoms with Crippen molar-refractivity contribution >= 4 is 23.6 Å². The van der Waals surface area contributed by atoms with Crippen molar-refractivity contribution in [2.75, 3.05) is 0 Å². The highest BCUT2D eigenvalue weighted by atomic mass is 16.5. The molecule has 1 atom stereocenters. The van der Waals surface area contributed by atoms with Gasteiger partial charge in [0.05, 0.1) is 17.7 Å². The fourth-order valence-corrected chi connectivity index (χ4v) is 3.26. The molecule has 2 aliphatic rings. The minimum atomic E-state index is -0.687. The molecule has 0 spiro atoms. The molecule has 4 rings (SSSR count). The maximum absolute atomic E-state index is 11.6. The van der Waals surface area contributed by atoms with Gasteiger partial charge in [-0.2, -0.15) is 0 Å². The van der Waals surface area contributed by atoms with E-state index in [-0.39, 0.29) is 5.76 Å². The number of amides is 1. The molecule has 2 aromatic carbocycles. The summed E-state index contributed by atoms with van der Waals surface area (Å²) >= 11 is 0. The molecule has 0 bridgehead atoms. The predicted octanol–water partition coefficient (Wildman–Crippen LogP) is 2.94. The van der Waals surface area contributed by atoms with Gasteiger partial charge in [0.2, 0.25) is 0 Å². The SMILES string of the molecule is CC1(c2ccccc2)C(O)=C2c3cc(C(=O)NO)ccc3N=CN21. The lowest BCUT2D eigenvalue weighted by molar-refractivity contribution is 0.0706. The lowest BCUT2D eigenvalue weighted by atomic mass is 9.78. The average Bonchev–Trinajstić information content (AvgIpc) is 2.65. The van der Waals surface area contributed by atoms with Gasteiger partial charge < -0.3 is 10.0 Å². The van der Waals surface area contributed by atoms with Crippen LogP contribution in [0.4, 0.5) is 5.69 Å². The van der Waals surface area contributed by atoms with Crippen LogP contribution >= 0.6 is 0 Å². The number of hydrogen-bond acceptors (Lipinski definition) is 5. The number of nitrogens with zero attached hydrogens (tertiary/aromatic N) is 2. The van der Waals surface area contributed by atoms with Gasteiger partial charge in [0.25, 0.3) is 5.91 Å². The molecule has 2 aromatic rings. The second kappa shape index (κ2) is 4.94. The van der Waals surface area contributed by atoms with Crippen LogP contribution in [0, 0.1) is 0 Å². The Morgan fingerprint density at radius 2 is 1.96 bits per heavy atom. The third kappa shape index (κ3) is 1.74. The van der Waals surface area contributed by atoms with Crippen LogP contribution in [-0.2, 0) is 5.54 Å². The Morgan fingerprint density at radius 1 is 1.21 bits per heavy atom. The molecule has 0 saturated heterocycles. The second-order valence-electron chi connectivity index (χ2n) is 5.92. The monoisotopic (exact) mass is 321 g/mol. The Bertz CT molecular complexity index is 905. The van der Waals surface area contributed by atoms with Crippen molar-refractivity contribution in [3.8, 4) is 0 Å². The van der Waals surface area contributed by atoms with E-state index in [4.69, 9.17) is 5.21 Å². The third-order valence-corrected chi connectivity index (χ3v) is 4.67. The van der Waals surface area contributed by atoms with Gasteiger partial charge in [0.1, 0.15) is 11.3 Å². The molecule has 0 aromatic heterocycles. The van der Waals surface area contributed by atoms with E-state index >= 15 is 0 Å². The zero-order chi connectivity index (χ0) is 16.9. The van der Waals surface area contributed by atoms with E-state index in [2.05, 4.69) is 4.99 Å². The number of aliphatic hydroxyl groups excluding tert-OH is 1. The van der Waals surface area contributed by atoms with E-state index in [9.17, 15) is 9.90 Å². The minimum Gasteiger partial charge on any atom is -0.507 e. The molecule has 120 valence electrons. The first-order chi connectivity index (χ1) is 11.6. The standard InChI is InChI=1S/C18H15N3O3/c1-18(12-5-3-2-4-6-12)16(22)15-13-9-11(17(23)20-24)7-8-14(13)19-10-21(15)18/h2-10,22,24H,1H3,(H,20,23). The maximum Gasteiger partial charge on any atom is 0.274 e. The van der Waals surface area contributed by atoms with Gasteiger partial charge in [0.15, 0.2) is 0 Å². The summed E-state index contributed by atoms with van der Waals surface area (Å²) in [5.41, 5.74) is 4.12. The molecule has 0 fully saturated rings. The predicted molar refractivity (Wildman–Crippen MR) is 89.0 cm³/mol. The van der Waals surface area contributed by atoms with Crippen molar-refractivity contribution in [3.05, 3.63) is 71.0 Å². The molecule has 0 radical (unpaired) electrons. The largest absolute Gasteiger partial charge is 0.507 e. The van der Waals surface area contributed by atoms with Crippen LogP contribution in [-0.4, -0.2) is 27.5 Å². The van der Waals surface area contributed by atoms with Gasteiger partial charge in [0, 0.05) is 11.1 Å². The molecule has 2 aliphatic heterocycles. The van der Waals surface area contributed by atoms with Gasteiger partial charge in [-0.15, -0.1) is 0 Å². The normalized spacial score (nSPS) is 21.0. The number of carbonyl (C=O) groups is 1. The first-order valence-electron chi connectivity index (χ1n) is 7.49. The fraction of sp³-hybridized carbons (Fsp3) is 0.111. The van der Waals surface area contributed by atoms with Crippen molar-refractivity contribution in [3.63, 3.8) is 0 Å². The van der Waals surface area contributed by atoms with Gasteiger partial charge in [-0.3, -0.25) is 10.0 Å². The van der Waals surface area contributed by atoms with E-state index in [1.807, 2.05) is 42.2 Å². The topological polar surface area (TPSA) is 85.2 Å². The first kappa shape index (κ1) is 14.5. The van der Waals surface area contributed by atoms with Crippen LogP contribution in [0.1, 0.15) is 28.4 Å². The Labute approximate surface area is 138 Å². The Kier molecular flexibility index (Phi) is 2.98. The average molecular weight is 321 g/mol. The number of aliphatic hydroxyl groups is 1. The van der Waals surface area contributed by atoms with Crippen LogP contribution in [0.2, 0.25) is 0 Å². The lowest BCUT2D eigenvalue weighted by Crippen LogP contribution is -2.53. The van der Waals surface area contributed by atoms with E-state index in [0.717, 1.165) is 5.56 Å². The molecule has 6 nitrogen and oxygen atoms in total. The van der Waals surface area contributed by atoms with Crippen molar-refractivity contribution in [1.82, 2.24) is 10.4 Å². The number of rotatable bonds is 2. The summed E-state index contributed by atoms with van der Waals surface area (Å²) in [4.78, 5) is 18.0. The summed E-state index contributed by atoms with van der Waals surface area (Å²) in [6, 6.07) is 14.5. The number of hydroxylamine groups is 1. The van der Waals surface area contributed by atoms with E-state index in [0.29, 0.717) is 22.5 Å². The van der Waals surface area contributed by atoms with Gasteiger partial charge in [-0.25, -0.2) is 10.5 Å². The van der Waals surface area contributed by atoms with Crippen LogP contribution in [0.3, 0.4) is 0 Å². The van der Waals surface area contributed by atoms with E-state index in [1.165, 1.54) is 0 Å². The van der Waals surface area contributed by atoms with Crippen LogP contribution in [0.25, 0.3) is 5.70 Å². The number of carbonyl (C=O) groups excluding carboxylic acids is 1. The van der Waals surface area contributed by atoms with Crippen LogP contribution in [0.15, 0.2) is 59.3 Å². The smallest absolute Gasteiger partial charge is 0.274 e. The summed E-state index contributed by atoms with van der Waals surface area (Å²) < 4.78 is 0. The third-order valence-electron chi connectivity index (χ3n) is 4.67. The van der Waals surface area contributed by atoms with Gasteiger partial charge in [-0.05, 0) is 30.7 Å². The second-order valence-corrected chi connectivity index (χ2v) is 5.92. The Morgan fingerprint density at radius 3 is 2.67 bits per heavy atom. The lowest BCUT2D eigenvalue weighted by Gasteiger charge is -2.51. The van der Waals surface area contributed by atoms with Crippen molar-refractivity contribution in [2.45, 2.75) is 12.5 Å². The quantitative estimate of drug-likeness (QED) is 0.586. The molecule has 24 heavy (non-hydrogen) atoms. The number of nitrogens with one attached hydrogen (secondary N) is 1. The molecule has 1 unspecified atom stereocenters. The Balaban J connectivity index is 1.86. The zero-order valence-electron chi connectivity index (χ0n) is 12.9. The van der Waals surface area contributed by atoms with E-state index < -0.39 is 11.4 Å². The highest BCUT2D eigenvalue weighted by molar-refractivity contribution is 5.99. The molecule has 0 aliphatic carbocycles. The van der Waals surface area contributed by atoms with Crippen molar-refractivity contribution in [2.24, 2.45) is 4.99 Å². The number of hydrogen-bond donors (Lipinski definition) is 3. The highest BCUT2D eigenvalue weighted by Crippen LogP contribution is 2.53. The highest BCUT2D eigenvalue weighted by Gasteiger charge is 2.51. The summed E-state index contributed by atoms with van der Waals surface area (Å²) in [6.07, 6.45) is 1.69. The molecular formula is C18H15N3O3. The summed E-state index contributed by atoms with van der Waals surface area (Å²) in [7, 11) is 0. The summed E-state index contributed by atoms with van der Waals surface area (Å²) in [5.74, 6) is -0.383. The van der Waals surface area contributed by atoms with Crippen molar-refractivity contribution in [1.29, 1.82) is 0 Å². The number of aliphatic imine (C=N–C) groups is 1. The summed E-state index contributed by atoms with van der Waals surface area (Å²) in [6.45, 7) is 1.92. The molecule has 3 N–H and O–H groups in total. The maximum atomic E-state index is 11.6.